The molecule has 1 unspecified atom stereocenters. The van der Waals surface area contributed by atoms with Crippen LogP contribution in [0.5, 0.6) is 0 Å². The predicted molar refractivity (Wildman–Crippen MR) is 68.4 cm³/mol. The minimum absolute atomic E-state index is 0.00862. The lowest BCUT2D eigenvalue weighted by atomic mass is 10.1. The highest BCUT2D eigenvalue weighted by Crippen LogP contribution is 2.30. The van der Waals surface area contributed by atoms with Gasteiger partial charge in [0.05, 0.1) is 19.8 Å². The molecule has 1 saturated heterocycles. The molecule has 6 nitrogen and oxygen atoms in total. The van der Waals surface area contributed by atoms with E-state index in [-0.39, 0.29) is 18.8 Å². The summed E-state index contributed by atoms with van der Waals surface area (Å²) in [6.07, 6.45) is 0.289. The van der Waals surface area contributed by atoms with Gasteiger partial charge >= 0.3 is 0 Å². The minimum atomic E-state index is -0.691. The van der Waals surface area contributed by atoms with Gasteiger partial charge in [-0.05, 0) is 26.8 Å². The number of aliphatic hydroxyl groups excluding tert-OH is 2. The average molecular weight is 273 g/mol. The normalized spacial score (nSPS) is 35.0. The summed E-state index contributed by atoms with van der Waals surface area (Å²) in [4.78, 5) is 0. The van der Waals surface area contributed by atoms with Gasteiger partial charge in [0.2, 0.25) is 0 Å². The molecule has 0 aromatic carbocycles. The lowest BCUT2D eigenvalue weighted by Crippen LogP contribution is -2.38. The second-order valence-electron chi connectivity index (χ2n) is 5.54. The molecular weight excluding hydrogens is 250 g/mol. The van der Waals surface area contributed by atoms with Crippen molar-refractivity contribution in [2.24, 2.45) is 0 Å². The summed E-state index contributed by atoms with van der Waals surface area (Å²) in [6, 6.07) is -0.00862. The molecule has 0 spiro atoms. The second-order valence-corrected chi connectivity index (χ2v) is 5.54. The predicted octanol–water partition coefficient (Wildman–Crippen LogP) is -0.248. The molecular formula is C13H23NO5. The first-order valence-corrected chi connectivity index (χ1v) is 6.63. The monoisotopic (exact) mass is 273 g/mol. The minimum Gasteiger partial charge on any atom is -0.488 e. The smallest absolute Gasteiger partial charge is 0.163 e. The molecule has 19 heavy (non-hydrogen) atoms. The van der Waals surface area contributed by atoms with E-state index in [1.54, 1.807) is 6.08 Å². The third kappa shape index (κ3) is 3.67. The largest absolute Gasteiger partial charge is 0.488 e. The van der Waals surface area contributed by atoms with Crippen molar-refractivity contribution >= 4 is 0 Å². The Hall–Kier alpha value is -0.660. The molecule has 0 radical (unpaired) electrons. The highest BCUT2D eigenvalue weighted by Gasteiger charge is 2.43. The Morgan fingerprint density at radius 1 is 1.53 bits per heavy atom. The number of rotatable bonds is 5. The lowest BCUT2D eigenvalue weighted by molar-refractivity contribution is -0.156. The molecule has 3 N–H and O–H groups in total. The first kappa shape index (κ1) is 14.7. The molecule has 4 atom stereocenters. The molecule has 0 aromatic rings. The highest BCUT2D eigenvalue weighted by molar-refractivity contribution is 5.11. The van der Waals surface area contributed by atoms with Crippen LogP contribution < -0.4 is 5.32 Å². The van der Waals surface area contributed by atoms with Crippen molar-refractivity contribution in [1.29, 1.82) is 0 Å². The topological polar surface area (TPSA) is 80.2 Å². The first-order valence-electron chi connectivity index (χ1n) is 6.63. The number of hydrogen-bond donors (Lipinski definition) is 3. The Morgan fingerprint density at radius 3 is 2.84 bits per heavy atom. The van der Waals surface area contributed by atoms with E-state index in [0.717, 1.165) is 0 Å². The molecule has 0 aliphatic carbocycles. The Morgan fingerprint density at radius 2 is 2.26 bits per heavy atom. The van der Waals surface area contributed by atoms with Crippen LogP contribution in [0.4, 0.5) is 0 Å². The summed E-state index contributed by atoms with van der Waals surface area (Å²) < 4.78 is 16.9. The molecule has 0 saturated carbocycles. The Labute approximate surface area is 113 Å². The molecule has 2 aliphatic rings. The standard InChI is InChI=1S/C13H23NO5/c1-8(6-15)14-5-9-4-10(16)12(18-9)11-7-17-13(2,3)19-11/h4,8,10-12,14-16H,5-7H2,1-3H3/t8?,10-,11-,12+/m1/s1. The fourth-order valence-electron chi connectivity index (χ4n) is 2.18. The average Bonchev–Trinajstić information content (AvgIpc) is 2.89. The summed E-state index contributed by atoms with van der Waals surface area (Å²) in [5, 5.41) is 22.0. The molecule has 110 valence electrons. The van der Waals surface area contributed by atoms with Crippen molar-refractivity contribution < 1.29 is 24.4 Å². The zero-order valence-electron chi connectivity index (χ0n) is 11.6. The van der Waals surface area contributed by atoms with E-state index in [2.05, 4.69) is 5.32 Å². The van der Waals surface area contributed by atoms with Gasteiger partial charge in [-0.3, -0.25) is 0 Å². The van der Waals surface area contributed by atoms with Crippen LogP contribution in [-0.4, -0.2) is 60.1 Å². The van der Waals surface area contributed by atoms with Crippen LogP contribution in [-0.2, 0) is 14.2 Å². The van der Waals surface area contributed by atoms with E-state index < -0.39 is 18.0 Å². The molecule has 0 amide bonds. The van der Waals surface area contributed by atoms with Crippen molar-refractivity contribution in [3.63, 3.8) is 0 Å². The van der Waals surface area contributed by atoms with Crippen molar-refractivity contribution in [2.45, 2.75) is 50.9 Å². The number of aliphatic hydroxyl groups is 2. The van der Waals surface area contributed by atoms with E-state index in [1.165, 1.54) is 0 Å². The summed E-state index contributed by atoms with van der Waals surface area (Å²) >= 11 is 0. The zero-order valence-corrected chi connectivity index (χ0v) is 11.6. The third-order valence-corrected chi connectivity index (χ3v) is 3.28. The van der Waals surface area contributed by atoms with Gasteiger partial charge in [0.15, 0.2) is 11.9 Å². The van der Waals surface area contributed by atoms with Gasteiger partial charge in [-0.1, -0.05) is 0 Å². The van der Waals surface area contributed by atoms with Gasteiger partial charge in [0, 0.05) is 6.04 Å². The van der Waals surface area contributed by atoms with Gasteiger partial charge in [0.25, 0.3) is 0 Å². The van der Waals surface area contributed by atoms with Crippen LogP contribution in [0.3, 0.4) is 0 Å². The van der Waals surface area contributed by atoms with Crippen molar-refractivity contribution in [3.05, 3.63) is 11.8 Å². The quantitative estimate of drug-likeness (QED) is 0.641. The molecule has 0 aromatic heterocycles. The van der Waals surface area contributed by atoms with E-state index >= 15 is 0 Å². The molecule has 2 aliphatic heterocycles. The van der Waals surface area contributed by atoms with Gasteiger partial charge in [-0.25, -0.2) is 0 Å². The fraction of sp³-hybridized carbons (Fsp3) is 0.846. The Bertz CT molecular complexity index is 344. The van der Waals surface area contributed by atoms with Crippen LogP contribution >= 0.6 is 0 Å². The Balaban J connectivity index is 1.84. The second kappa shape index (κ2) is 5.76. The number of nitrogens with one attached hydrogen (secondary N) is 1. The van der Waals surface area contributed by atoms with E-state index in [9.17, 15) is 5.11 Å². The SMILES string of the molecule is CC(CO)NCC1=C[C@@H](O)[C@@H]([C@H]2COC(C)(C)O2)O1. The third-order valence-electron chi connectivity index (χ3n) is 3.28. The van der Waals surface area contributed by atoms with Crippen molar-refractivity contribution in [3.8, 4) is 0 Å². The number of ether oxygens (including phenoxy) is 3. The van der Waals surface area contributed by atoms with E-state index in [1.807, 2.05) is 20.8 Å². The summed E-state index contributed by atoms with van der Waals surface area (Å²) in [7, 11) is 0. The summed E-state index contributed by atoms with van der Waals surface area (Å²) in [6.45, 7) is 6.51. The maximum absolute atomic E-state index is 10.00. The molecule has 2 rings (SSSR count). The lowest BCUT2D eigenvalue weighted by Gasteiger charge is -2.23. The van der Waals surface area contributed by atoms with Crippen LogP contribution in [0.2, 0.25) is 0 Å². The molecule has 2 heterocycles. The van der Waals surface area contributed by atoms with Crippen LogP contribution in [0.25, 0.3) is 0 Å². The van der Waals surface area contributed by atoms with E-state index in [0.29, 0.717) is 18.9 Å². The molecule has 1 fully saturated rings. The summed E-state index contributed by atoms with van der Waals surface area (Å²) in [5.74, 6) is 0.0475. The highest BCUT2D eigenvalue weighted by atomic mass is 16.8. The van der Waals surface area contributed by atoms with Gasteiger partial charge in [0.1, 0.15) is 18.0 Å². The van der Waals surface area contributed by atoms with Crippen molar-refractivity contribution in [1.82, 2.24) is 5.32 Å². The van der Waals surface area contributed by atoms with Gasteiger partial charge < -0.3 is 29.7 Å². The van der Waals surface area contributed by atoms with Crippen LogP contribution in [0.15, 0.2) is 11.8 Å². The summed E-state index contributed by atoms with van der Waals surface area (Å²) in [5.41, 5.74) is 0. The zero-order chi connectivity index (χ0) is 14.0. The molecule has 0 bridgehead atoms. The number of hydrogen-bond acceptors (Lipinski definition) is 6. The van der Waals surface area contributed by atoms with Crippen LogP contribution in [0, 0.1) is 0 Å². The van der Waals surface area contributed by atoms with Gasteiger partial charge in [-0.2, -0.15) is 0 Å². The van der Waals surface area contributed by atoms with E-state index in [4.69, 9.17) is 19.3 Å². The molecule has 6 heteroatoms. The van der Waals surface area contributed by atoms with Crippen molar-refractivity contribution in [2.75, 3.05) is 19.8 Å². The van der Waals surface area contributed by atoms with Gasteiger partial charge in [-0.15, -0.1) is 0 Å². The maximum atomic E-state index is 10.00. The fourth-order valence-corrected chi connectivity index (χ4v) is 2.18. The van der Waals surface area contributed by atoms with Crippen LogP contribution in [0.1, 0.15) is 20.8 Å². The maximum Gasteiger partial charge on any atom is 0.163 e. The Kier molecular flexibility index (Phi) is 4.47. The first-order chi connectivity index (χ1) is 8.91.